The number of sulfone groups is 1. The minimum Gasteiger partial charge on any atom is -0.457 e. The average Bonchev–Trinajstić information content (AvgIpc) is 2.78. The second-order valence-corrected chi connectivity index (χ2v) is 10.0. The lowest BCUT2D eigenvalue weighted by molar-refractivity contribution is -0.274. The monoisotopic (exact) mass is 502 g/mol. The van der Waals surface area contributed by atoms with Gasteiger partial charge in [-0.3, -0.25) is 4.79 Å². The summed E-state index contributed by atoms with van der Waals surface area (Å²) < 4.78 is 76.3. The predicted molar refractivity (Wildman–Crippen MR) is 116 cm³/mol. The molecule has 1 heterocycles. The molecule has 0 bridgehead atoms. The molecule has 1 fully saturated rings. The van der Waals surface area contributed by atoms with E-state index in [1.54, 1.807) is 7.11 Å². The summed E-state index contributed by atoms with van der Waals surface area (Å²) in [6, 6.07) is 10.2. The predicted octanol–water partition coefficient (Wildman–Crippen LogP) is 3.12. The summed E-state index contributed by atoms with van der Waals surface area (Å²) in [7, 11) is -2.51. The number of carbonyl (C=O) groups excluding carboxylic acids is 1. The number of ether oxygens (including phenoxy) is 3. The fourth-order valence-electron chi connectivity index (χ4n) is 3.76. The molecule has 0 spiro atoms. The largest absolute Gasteiger partial charge is 0.573 e. The van der Waals surface area contributed by atoms with Crippen LogP contribution in [0.2, 0.25) is 0 Å². The van der Waals surface area contributed by atoms with E-state index < -0.39 is 32.6 Å². The SMILES string of the molecule is COCCN1CCC(C(N)=O)(S(=O)(=O)c2ccc(Oc3ccc(OC(F)(F)F)cc3)cc2)CC1. The Hall–Kier alpha value is -2.83. The first-order valence-electron chi connectivity index (χ1n) is 10.4. The molecule has 1 amide bonds. The third-order valence-electron chi connectivity index (χ3n) is 5.67. The van der Waals surface area contributed by atoms with E-state index in [2.05, 4.69) is 4.74 Å². The number of hydrogen-bond acceptors (Lipinski definition) is 7. The van der Waals surface area contributed by atoms with Crippen molar-refractivity contribution in [1.82, 2.24) is 4.90 Å². The van der Waals surface area contributed by atoms with E-state index in [0.29, 0.717) is 26.2 Å². The number of amides is 1. The number of alkyl halides is 3. The molecule has 1 saturated heterocycles. The molecular weight excluding hydrogens is 477 g/mol. The maximum absolute atomic E-state index is 13.4. The van der Waals surface area contributed by atoms with E-state index in [0.717, 1.165) is 12.1 Å². The molecular formula is C22H25F3N2O6S. The van der Waals surface area contributed by atoms with Crippen LogP contribution in [0.1, 0.15) is 12.8 Å². The fraction of sp³-hybridized carbons (Fsp3) is 0.409. The number of piperidine rings is 1. The lowest BCUT2D eigenvalue weighted by Gasteiger charge is -2.38. The minimum atomic E-state index is -4.80. The van der Waals surface area contributed by atoms with Crippen LogP contribution >= 0.6 is 0 Å². The first-order valence-corrected chi connectivity index (χ1v) is 11.8. The van der Waals surface area contributed by atoms with Crippen molar-refractivity contribution in [1.29, 1.82) is 0 Å². The normalized spacial score (nSPS) is 16.7. The van der Waals surface area contributed by atoms with Crippen LogP contribution in [-0.4, -0.2) is 63.7 Å². The van der Waals surface area contributed by atoms with Crippen LogP contribution in [0, 0.1) is 0 Å². The van der Waals surface area contributed by atoms with Gasteiger partial charge in [0.15, 0.2) is 14.6 Å². The summed E-state index contributed by atoms with van der Waals surface area (Å²) >= 11 is 0. The zero-order valence-corrected chi connectivity index (χ0v) is 19.2. The van der Waals surface area contributed by atoms with Crippen LogP contribution in [0.5, 0.6) is 17.2 Å². The van der Waals surface area contributed by atoms with Crippen molar-refractivity contribution in [3.8, 4) is 17.2 Å². The summed E-state index contributed by atoms with van der Waals surface area (Å²) in [6.45, 7) is 1.90. The topological polar surface area (TPSA) is 108 Å². The average molecular weight is 503 g/mol. The number of nitrogens with two attached hydrogens (primary N) is 1. The quantitative estimate of drug-likeness (QED) is 0.561. The van der Waals surface area contributed by atoms with Gasteiger partial charge >= 0.3 is 6.36 Å². The van der Waals surface area contributed by atoms with Gasteiger partial charge in [0.1, 0.15) is 17.2 Å². The van der Waals surface area contributed by atoms with Gasteiger partial charge in [-0.2, -0.15) is 0 Å². The maximum Gasteiger partial charge on any atom is 0.573 e. The van der Waals surface area contributed by atoms with Crippen molar-refractivity contribution in [2.75, 3.05) is 33.4 Å². The van der Waals surface area contributed by atoms with Crippen molar-refractivity contribution < 1.29 is 40.6 Å². The molecule has 1 aliphatic heterocycles. The van der Waals surface area contributed by atoms with Gasteiger partial charge in [0.2, 0.25) is 5.91 Å². The highest BCUT2D eigenvalue weighted by atomic mass is 32.2. The Balaban J connectivity index is 1.73. The van der Waals surface area contributed by atoms with Gasteiger partial charge in [-0.25, -0.2) is 8.42 Å². The number of likely N-dealkylation sites (tertiary alicyclic amines) is 1. The molecule has 2 N–H and O–H groups in total. The van der Waals surface area contributed by atoms with Gasteiger partial charge in [0.05, 0.1) is 11.5 Å². The molecule has 0 radical (unpaired) electrons. The number of benzene rings is 2. The van der Waals surface area contributed by atoms with Crippen LogP contribution in [0.25, 0.3) is 0 Å². The highest BCUT2D eigenvalue weighted by Crippen LogP contribution is 2.36. The number of carbonyl (C=O) groups is 1. The second kappa shape index (κ2) is 10.2. The van der Waals surface area contributed by atoms with Crippen molar-refractivity contribution in [3.05, 3.63) is 48.5 Å². The molecule has 0 saturated carbocycles. The Morgan fingerprint density at radius 2 is 1.50 bits per heavy atom. The first-order chi connectivity index (χ1) is 16.0. The molecule has 12 heteroatoms. The van der Waals surface area contributed by atoms with Crippen LogP contribution < -0.4 is 15.2 Å². The molecule has 0 unspecified atom stereocenters. The molecule has 1 aliphatic rings. The standard InChI is InChI=1S/C22H25F3N2O6S/c1-31-15-14-27-12-10-21(11-13-27,20(26)28)34(29,30)19-8-6-17(7-9-19)32-16-2-4-18(5-3-16)33-22(23,24)25/h2-9H,10-15H2,1H3,(H2,26,28). The summed E-state index contributed by atoms with van der Waals surface area (Å²) in [5.41, 5.74) is 5.59. The number of nitrogens with zero attached hydrogens (tertiary/aromatic N) is 1. The van der Waals surface area contributed by atoms with Gasteiger partial charge in [-0.05, 0) is 61.4 Å². The van der Waals surface area contributed by atoms with E-state index in [9.17, 15) is 26.4 Å². The minimum absolute atomic E-state index is 0.0684. The van der Waals surface area contributed by atoms with Crippen molar-refractivity contribution >= 4 is 15.7 Å². The van der Waals surface area contributed by atoms with Gasteiger partial charge in [-0.1, -0.05) is 0 Å². The smallest absolute Gasteiger partial charge is 0.457 e. The Kier molecular flexibility index (Phi) is 7.74. The fourth-order valence-corrected chi connectivity index (χ4v) is 5.69. The zero-order chi connectivity index (χ0) is 25.0. The lowest BCUT2D eigenvalue weighted by atomic mass is 9.95. The summed E-state index contributed by atoms with van der Waals surface area (Å²) in [4.78, 5) is 14.3. The molecule has 8 nitrogen and oxygen atoms in total. The van der Waals surface area contributed by atoms with Gasteiger partial charge < -0.3 is 24.8 Å². The summed E-state index contributed by atoms with van der Waals surface area (Å²) in [6.07, 6.45) is -4.66. The van der Waals surface area contributed by atoms with E-state index in [-0.39, 0.29) is 29.2 Å². The Morgan fingerprint density at radius 1 is 1.00 bits per heavy atom. The van der Waals surface area contributed by atoms with Gasteiger partial charge in [-0.15, -0.1) is 13.2 Å². The van der Waals surface area contributed by atoms with Crippen LogP contribution in [-0.2, 0) is 19.4 Å². The third-order valence-corrected chi connectivity index (χ3v) is 8.20. The number of primary amides is 1. The molecule has 0 atom stereocenters. The summed E-state index contributed by atoms with van der Waals surface area (Å²) in [5.74, 6) is -0.806. The third kappa shape index (κ3) is 5.80. The highest BCUT2D eigenvalue weighted by molar-refractivity contribution is 7.93. The van der Waals surface area contributed by atoms with E-state index >= 15 is 0 Å². The summed E-state index contributed by atoms with van der Waals surface area (Å²) in [5, 5.41) is 0. The van der Waals surface area contributed by atoms with Gasteiger partial charge in [0.25, 0.3) is 0 Å². The van der Waals surface area contributed by atoms with E-state index in [4.69, 9.17) is 15.2 Å². The van der Waals surface area contributed by atoms with E-state index in [1.165, 1.54) is 36.4 Å². The Morgan fingerprint density at radius 3 is 1.97 bits per heavy atom. The van der Waals surface area contributed by atoms with Crippen molar-refractivity contribution in [3.63, 3.8) is 0 Å². The van der Waals surface area contributed by atoms with Crippen LogP contribution in [0.15, 0.2) is 53.4 Å². The molecule has 0 aromatic heterocycles. The van der Waals surface area contributed by atoms with Crippen molar-refractivity contribution in [2.24, 2.45) is 5.73 Å². The lowest BCUT2D eigenvalue weighted by Crippen LogP contribution is -2.57. The second-order valence-electron chi connectivity index (χ2n) is 7.79. The molecule has 186 valence electrons. The van der Waals surface area contributed by atoms with Crippen molar-refractivity contribution in [2.45, 2.75) is 28.8 Å². The zero-order valence-electron chi connectivity index (χ0n) is 18.4. The number of rotatable bonds is 9. The highest BCUT2D eigenvalue weighted by Gasteiger charge is 2.51. The van der Waals surface area contributed by atoms with Crippen LogP contribution in [0.4, 0.5) is 13.2 Å². The first kappa shape index (κ1) is 25.8. The van der Waals surface area contributed by atoms with Crippen LogP contribution in [0.3, 0.4) is 0 Å². The molecule has 3 rings (SSSR count). The Bertz CT molecular complexity index is 1080. The Labute approximate surface area is 195 Å². The molecule has 2 aromatic carbocycles. The van der Waals surface area contributed by atoms with Gasteiger partial charge in [0, 0.05) is 26.7 Å². The number of hydrogen-bond donors (Lipinski definition) is 1. The molecule has 0 aliphatic carbocycles. The molecule has 34 heavy (non-hydrogen) atoms. The maximum atomic E-state index is 13.4. The number of methoxy groups -OCH3 is 1. The molecule has 2 aromatic rings. The van der Waals surface area contributed by atoms with E-state index in [1.807, 2.05) is 4.90 Å². The number of halogens is 3.